The van der Waals surface area contributed by atoms with Gasteiger partial charge in [-0.3, -0.25) is 9.10 Å². The molecule has 0 radical (unpaired) electrons. The normalized spacial score (nSPS) is 15.2. The van der Waals surface area contributed by atoms with Crippen LogP contribution in [0.4, 0.5) is 5.69 Å². The van der Waals surface area contributed by atoms with Gasteiger partial charge in [0.2, 0.25) is 15.9 Å². The number of nitrogens with zero attached hydrogens (tertiary/aromatic N) is 2. The van der Waals surface area contributed by atoms with Crippen LogP contribution in [0.2, 0.25) is 0 Å². The number of carbonyl (C=O) groups is 1. The zero-order valence-corrected chi connectivity index (χ0v) is 17.1. The molecule has 0 aromatic heterocycles. The third-order valence-corrected chi connectivity index (χ3v) is 6.21. The smallest absolute Gasteiger partial charge is 0.246 e. The fourth-order valence-electron chi connectivity index (χ4n) is 3.83. The Morgan fingerprint density at radius 2 is 1.67 bits per heavy atom. The first-order valence-corrected chi connectivity index (χ1v) is 10.9. The fourth-order valence-corrected chi connectivity index (χ4v) is 4.98. The quantitative estimate of drug-likeness (QED) is 0.812. The van der Waals surface area contributed by atoms with Crippen molar-refractivity contribution >= 4 is 21.6 Å². The number of aryl methyl sites for hydroxylation is 2. The van der Waals surface area contributed by atoms with Crippen LogP contribution in [0, 0.1) is 13.8 Å². The predicted octanol–water partition coefficient (Wildman–Crippen LogP) is 3.04. The average Bonchev–Trinajstić information content (AvgIpc) is 2.58. The molecule has 0 N–H and O–H groups in total. The summed E-state index contributed by atoms with van der Waals surface area (Å²) in [6.07, 6.45) is 1.94. The highest BCUT2D eigenvalue weighted by molar-refractivity contribution is 7.92. The lowest BCUT2D eigenvalue weighted by atomic mass is 9.99. The topological polar surface area (TPSA) is 57.7 Å². The molecule has 1 unspecified atom stereocenters. The lowest BCUT2D eigenvalue weighted by Gasteiger charge is -2.35. The van der Waals surface area contributed by atoms with Gasteiger partial charge in [-0.15, -0.1) is 0 Å². The van der Waals surface area contributed by atoms with Gasteiger partial charge >= 0.3 is 0 Å². The van der Waals surface area contributed by atoms with Crippen LogP contribution in [0.15, 0.2) is 42.5 Å². The number of carbonyl (C=O) groups excluding carboxylic acids is 1. The van der Waals surface area contributed by atoms with E-state index in [1.165, 1.54) is 9.87 Å². The Morgan fingerprint density at radius 3 is 2.26 bits per heavy atom. The molecule has 1 atom stereocenters. The zero-order valence-electron chi connectivity index (χ0n) is 16.3. The number of anilines is 1. The maximum atomic E-state index is 13.2. The molecule has 2 aromatic rings. The van der Waals surface area contributed by atoms with Gasteiger partial charge in [-0.05, 0) is 61.6 Å². The molecule has 2 aromatic carbocycles. The van der Waals surface area contributed by atoms with Gasteiger partial charge in [0.1, 0.15) is 6.04 Å². The van der Waals surface area contributed by atoms with Crippen LogP contribution in [0.5, 0.6) is 0 Å². The van der Waals surface area contributed by atoms with Gasteiger partial charge in [0.05, 0.1) is 11.9 Å². The van der Waals surface area contributed by atoms with E-state index in [4.69, 9.17) is 0 Å². The van der Waals surface area contributed by atoms with E-state index in [9.17, 15) is 13.2 Å². The number of amides is 1. The summed E-state index contributed by atoms with van der Waals surface area (Å²) in [5.41, 5.74) is 4.84. The Labute approximate surface area is 161 Å². The average molecular weight is 387 g/mol. The maximum absolute atomic E-state index is 13.2. The molecule has 6 heteroatoms. The second kappa shape index (κ2) is 7.35. The van der Waals surface area contributed by atoms with Crippen molar-refractivity contribution < 1.29 is 13.2 Å². The van der Waals surface area contributed by atoms with Gasteiger partial charge in [0.25, 0.3) is 0 Å². The molecular formula is C21H26N2O3S. The van der Waals surface area contributed by atoms with E-state index in [1.54, 1.807) is 11.8 Å². The molecule has 1 heterocycles. The minimum absolute atomic E-state index is 0.172. The molecule has 1 aliphatic heterocycles. The van der Waals surface area contributed by atoms with Crippen molar-refractivity contribution in [2.75, 3.05) is 17.1 Å². The van der Waals surface area contributed by atoms with E-state index in [0.29, 0.717) is 18.8 Å². The first kappa shape index (κ1) is 19.4. The molecule has 27 heavy (non-hydrogen) atoms. The molecule has 1 amide bonds. The summed E-state index contributed by atoms with van der Waals surface area (Å²) < 4.78 is 26.3. The summed E-state index contributed by atoms with van der Waals surface area (Å²) in [7, 11) is -3.61. The standard InChI is InChI=1S/C21H26N2O3S/c1-15-11-16(2)13-20(12-15)23(27(4,25)26)17(3)21(24)22-10-9-18-7-5-6-8-19(18)14-22/h5-8,11-13,17H,9-10,14H2,1-4H3. The van der Waals surface area contributed by atoms with Gasteiger partial charge in [-0.1, -0.05) is 30.3 Å². The molecule has 0 spiro atoms. The highest BCUT2D eigenvalue weighted by Crippen LogP contribution is 2.26. The van der Waals surface area contributed by atoms with E-state index >= 15 is 0 Å². The minimum atomic E-state index is -3.61. The first-order chi connectivity index (χ1) is 12.7. The molecule has 0 bridgehead atoms. The number of hydrogen-bond acceptors (Lipinski definition) is 3. The van der Waals surface area contributed by atoms with Crippen LogP contribution in [-0.2, 0) is 27.8 Å². The number of rotatable bonds is 4. The summed E-state index contributed by atoms with van der Waals surface area (Å²) in [6, 6.07) is 12.9. The Morgan fingerprint density at radius 1 is 1.07 bits per heavy atom. The minimum Gasteiger partial charge on any atom is -0.336 e. The Bertz CT molecular complexity index is 949. The highest BCUT2D eigenvalue weighted by atomic mass is 32.2. The summed E-state index contributed by atoms with van der Waals surface area (Å²) in [5, 5.41) is 0. The summed E-state index contributed by atoms with van der Waals surface area (Å²) in [4.78, 5) is 14.9. The monoisotopic (exact) mass is 386 g/mol. The Hall–Kier alpha value is -2.34. The molecule has 0 fully saturated rings. The number of sulfonamides is 1. The molecule has 5 nitrogen and oxygen atoms in total. The van der Waals surface area contributed by atoms with Crippen LogP contribution in [-0.4, -0.2) is 38.1 Å². The van der Waals surface area contributed by atoms with Crippen molar-refractivity contribution in [1.29, 1.82) is 0 Å². The molecular weight excluding hydrogens is 360 g/mol. The third kappa shape index (κ3) is 4.16. The number of hydrogen-bond donors (Lipinski definition) is 0. The van der Waals surface area contributed by atoms with Crippen LogP contribution < -0.4 is 4.31 Å². The predicted molar refractivity (Wildman–Crippen MR) is 108 cm³/mol. The van der Waals surface area contributed by atoms with Crippen molar-refractivity contribution in [2.24, 2.45) is 0 Å². The Kier molecular flexibility index (Phi) is 5.29. The van der Waals surface area contributed by atoms with Crippen molar-refractivity contribution in [3.05, 3.63) is 64.7 Å². The molecule has 144 valence electrons. The highest BCUT2D eigenvalue weighted by Gasteiger charge is 2.33. The summed E-state index contributed by atoms with van der Waals surface area (Å²) in [5.74, 6) is -0.172. The van der Waals surface area contributed by atoms with E-state index in [-0.39, 0.29) is 5.91 Å². The van der Waals surface area contributed by atoms with Gasteiger partial charge in [-0.2, -0.15) is 0 Å². The summed E-state index contributed by atoms with van der Waals surface area (Å²) in [6.45, 7) is 6.63. The number of fused-ring (bicyclic) bond motifs is 1. The van der Waals surface area contributed by atoms with E-state index in [0.717, 1.165) is 29.4 Å². The molecule has 0 aliphatic carbocycles. The van der Waals surface area contributed by atoms with Crippen LogP contribution in [0.25, 0.3) is 0 Å². The second-order valence-electron chi connectivity index (χ2n) is 7.36. The van der Waals surface area contributed by atoms with Gasteiger partial charge in [-0.25, -0.2) is 8.42 Å². The van der Waals surface area contributed by atoms with Gasteiger partial charge < -0.3 is 4.90 Å². The van der Waals surface area contributed by atoms with Crippen molar-refractivity contribution in [3.63, 3.8) is 0 Å². The third-order valence-electron chi connectivity index (χ3n) is 4.97. The van der Waals surface area contributed by atoms with Gasteiger partial charge in [0.15, 0.2) is 0 Å². The maximum Gasteiger partial charge on any atom is 0.246 e. The summed E-state index contributed by atoms with van der Waals surface area (Å²) >= 11 is 0. The van der Waals surface area contributed by atoms with Crippen LogP contribution in [0.3, 0.4) is 0 Å². The van der Waals surface area contributed by atoms with Crippen molar-refractivity contribution in [3.8, 4) is 0 Å². The lowest BCUT2D eigenvalue weighted by Crippen LogP contribution is -2.50. The zero-order chi connectivity index (χ0) is 19.8. The SMILES string of the molecule is Cc1cc(C)cc(N(C(C)C(=O)N2CCc3ccccc3C2)S(C)(=O)=O)c1. The van der Waals surface area contributed by atoms with Crippen molar-refractivity contribution in [1.82, 2.24) is 4.90 Å². The largest absolute Gasteiger partial charge is 0.336 e. The van der Waals surface area contributed by atoms with Crippen LogP contribution >= 0.6 is 0 Å². The Balaban J connectivity index is 1.91. The second-order valence-corrected chi connectivity index (χ2v) is 9.22. The van der Waals surface area contributed by atoms with Gasteiger partial charge in [0, 0.05) is 13.1 Å². The molecule has 1 aliphatic rings. The van der Waals surface area contributed by atoms with Crippen molar-refractivity contribution in [2.45, 2.75) is 39.8 Å². The molecule has 3 rings (SSSR count). The van der Waals surface area contributed by atoms with E-state index in [1.807, 2.05) is 50.2 Å². The lowest BCUT2D eigenvalue weighted by molar-refractivity contribution is -0.132. The molecule has 0 saturated heterocycles. The van der Waals surface area contributed by atoms with E-state index in [2.05, 4.69) is 6.07 Å². The number of benzene rings is 2. The van der Waals surface area contributed by atoms with Crippen LogP contribution in [0.1, 0.15) is 29.2 Å². The molecule has 0 saturated carbocycles. The van der Waals surface area contributed by atoms with E-state index < -0.39 is 16.1 Å². The first-order valence-electron chi connectivity index (χ1n) is 9.10. The fraction of sp³-hybridized carbons (Fsp3) is 0.381.